The van der Waals surface area contributed by atoms with Gasteiger partial charge in [0.05, 0.1) is 10.5 Å². The SMILES string of the molecule is CC1(CNc2ccc([N+](=O)[O-])c(C(=O)O)c2)CCCO1. The molecule has 1 aliphatic rings. The second kappa shape index (κ2) is 5.46. The Kier molecular flexibility index (Phi) is 3.89. The van der Waals surface area contributed by atoms with Crippen molar-refractivity contribution in [2.45, 2.75) is 25.4 Å². The summed E-state index contributed by atoms with van der Waals surface area (Å²) in [5, 5.41) is 22.8. The van der Waals surface area contributed by atoms with E-state index in [0.29, 0.717) is 12.2 Å². The summed E-state index contributed by atoms with van der Waals surface area (Å²) in [6.45, 7) is 3.24. The highest BCUT2D eigenvalue weighted by molar-refractivity contribution is 5.93. The molecule has 7 heteroatoms. The van der Waals surface area contributed by atoms with E-state index in [1.54, 1.807) is 0 Å². The number of carboxylic acids is 1. The zero-order valence-corrected chi connectivity index (χ0v) is 11.1. The van der Waals surface area contributed by atoms with Gasteiger partial charge in [0.25, 0.3) is 5.69 Å². The van der Waals surface area contributed by atoms with E-state index in [1.165, 1.54) is 18.2 Å². The van der Waals surface area contributed by atoms with Crippen LogP contribution in [0.15, 0.2) is 18.2 Å². The maximum absolute atomic E-state index is 11.0. The minimum Gasteiger partial charge on any atom is -0.477 e. The lowest BCUT2D eigenvalue weighted by Gasteiger charge is -2.24. The van der Waals surface area contributed by atoms with Gasteiger partial charge < -0.3 is 15.2 Å². The lowest BCUT2D eigenvalue weighted by Crippen LogP contribution is -2.32. The molecule has 1 atom stereocenters. The number of anilines is 1. The summed E-state index contributed by atoms with van der Waals surface area (Å²) in [7, 11) is 0. The van der Waals surface area contributed by atoms with Crippen LogP contribution in [0.3, 0.4) is 0 Å². The second-order valence-electron chi connectivity index (χ2n) is 5.05. The normalized spacial score (nSPS) is 21.6. The Morgan fingerprint density at radius 2 is 2.35 bits per heavy atom. The van der Waals surface area contributed by atoms with Gasteiger partial charge in [0, 0.05) is 24.9 Å². The van der Waals surface area contributed by atoms with Gasteiger partial charge in [-0.25, -0.2) is 4.79 Å². The number of carbonyl (C=O) groups is 1. The van der Waals surface area contributed by atoms with Crippen molar-refractivity contribution in [3.8, 4) is 0 Å². The predicted octanol–water partition coefficient (Wildman–Crippen LogP) is 2.27. The average molecular weight is 280 g/mol. The van der Waals surface area contributed by atoms with E-state index in [-0.39, 0.29) is 11.2 Å². The molecule has 1 aromatic rings. The molecule has 1 aliphatic heterocycles. The molecule has 0 amide bonds. The molecule has 1 heterocycles. The lowest BCUT2D eigenvalue weighted by atomic mass is 10.0. The number of aromatic carboxylic acids is 1. The number of hydrogen-bond donors (Lipinski definition) is 2. The molecule has 0 radical (unpaired) electrons. The van der Waals surface area contributed by atoms with Gasteiger partial charge in [0.15, 0.2) is 0 Å². The van der Waals surface area contributed by atoms with Crippen molar-refractivity contribution in [3.05, 3.63) is 33.9 Å². The van der Waals surface area contributed by atoms with Crippen LogP contribution in [0.4, 0.5) is 11.4 Å². The van der Waals surface area contributed by atoms with Gasteiger partial charge in [0.1, 0.15) is 5.56 Å². The molecule has 1 unspecified atom stereocenters. The van der Waals surface area contributed by atoms with Crippen molar-refractivity contribution < 1.29 is 19.6 Å². The molecule has 0 saturated carbocycles. The standard InChI is InChI=1S/C13H16N2O5/c1-13(5-2-6-20-13)8-14-9-3-4-11(15(18)19)10(7-9)12(16)17/h3-4,7,14H,2,5-6,8H2,1H3,(H,16,17). The molecule has 0 spiro atoms. The molecule has 0 aromatic heterocycles. The average Bonchev–Trinajstić information content (AvgIpc) is 2.83. The fourth-order valence-corrected chi connectivity index (χ4v) is 2.24. The maximum Gasteiger partial charge on any atom is 0.342 e. The molecule has 20 heavy (non-hydrogen) atoms. The summed E-state index contributed by atoms with van der Waals surface area (Å²) < 4.78 is 5.61. The molecule has 108 valence electrons. The van der Waals surface area contributed by atoms with Crippen molar-refractivity contribution in [1.29, 1.82) is 0 Å². The number of carboxylic acid groups (broad SMARTS) is 1. The third kappa shape index (κ3) is 3.05. The van der Waals surface area contributed by atoms with Gasteiger partial charge in [-0.15, -0.1) is 0 Å². The number of nitrogens with one attached hydrogen (secondary N) is 1. The van der Waals surface area contributed by atoms with Gasteiger partial charge in [-0.3, -0.25) is 10.1 Å². The van der Waals surface area contributed by atoms with Crippen LogP contribution in [0.1, 0.15) is 30.1 Å². The van der Waals surface area contributed by atoms with E-state index in [2.05, 4.69) is 5.32 Å². The Morgan fingerprint density at radius 1 is 1.60 bits per heavy atom. The Balaban J connectivity index is 2.15. The first-order valence-electron chi connectivity index (χ1n) is 6.31. The van der Waals surface area contributed by atoms with Crippen molar-refractivity contribution in [2.75, 3.05) is 18.5 Å². The number of hydrogen-bond acceptors (Lipinski definition) is 5. The van der Waals surface area contributed by atoms with E-state index in [1.807, 2.05) is 6.92 Å². The number of rotatable bonds is 5. The van der Waals surface area contributed by atoms with Crippen LogP contribution in [0.2, 0.25) is 0 Å². The van der Waals surface area contributed by atoms with Crippen LogP contribution in [-0.4, -0.2) is 34.8 Å². The third-order valence-corrected chi connectivity index (χ3v) is 3.39. The highest BCUT2D eigenvalue weighted by atomic mass is 16.6. The fraction of sp³-hybridized carbons (Fsp3) is 0.462. The first-order valence-corrected chi connectivity index (χ1v) is 6.31. The summed E-state index contributed by atoms with van der Waals surface area (Å²) >= 11 is 0. The van der Waals surface area contributed by atoms with Gasteiger partial charge >= 0.3 is 5.97 Å². The third-order valence-electron chi connectivity index (χ3n) is 3.39. The van der Waals surface area contributed by atoms with Crippen molar-refractivity contribution >= 4 is 17.3 Å². The van der Waals surface area contributed by atoms with Gasteiger partial charge in [-0.05, 0) is 31.9 Å². The number of nitro groups is 1. The largest absolute Gasteiger partial charge is 0.477 e. The maximum atomic E-state index is 11.0. The monoisotopic (exact) mass is 280 g/mol. The first kappa shape index (κ1) is 14.3. The summed E-state index contributed by atoms with van der Waals surface area (Å²) in [6, 6.07) is 3.98. The molecular formula is C13H16N2O5. The fourth-order valence-electron chi connectivity index (χ4n) is 2.24. The highest BCUT2D eigenvalue weighted by Crippen LogP contribution is 2.27. The molecule has 2 N–H and O–H groups in total. The minimum absolute atomic E-state index is 0.273. The summed E-state index contributed by atoms with van der Waals surface area (Å²) in [6.07, 6.45) is 1.93. The van der Waals surface area contributed by atoms with E-state index in [4.69, 9.17) is 9.84 Å². The summed E-state index contributed by atoms with van der Waals surface area (Å²) in [5.74, 6) is -1.32. The Labute approximate surface area is 115 Å². The Hall–Kier alpha value is -2.15. The summed E-state index contributed by atoms with van der Waals surface area (Å²) in [4.78, 5) is 21.1. The van der Waals surface area contributed by atoms with Crippen molar-refractivity contribution in [2.24, 2.45) is 0 Å². The van der Waals surface area contributed by atoms with E-state index < -0.39 is 16.6 Å². The van der Waals surface area contributed by atoms with Gasteiger partial charge in [-0.2, -0.15) is 0 Å². The Morgan fingerprint density at radius 3 is 2.90 bits per heavy atom. The second-order valence-corrected chi connectivity index (χ2v) is 5.05. The quantitative estimate of drug-likeness (QED) is 0.633. The topological polar surface area (TPSA) is 102 Å². The van der Waals surface area contributed by atoms with Crippen LogP contribution in [0, 0.1) is 10.1 Å². The van der Waals surface area contributed by atoms with Crippen LogP contribution < -0.4 is 5.32 Å². The van der Waals surface area contributed by atoms with Gasteiger partial charge in [0.2, 0.25) is 0 Å². The number of nitrogens with zero attached hydrogens (tertiary/aromatic N) is 1. The molecular weight excluding hydrogens is 264 g/mol. The molecule has 1 saturated heterocycles. The molecule has 2 rings (SSSR count). The van der Waals surface area contributed by atoms with Crippen LogP contribution >= 0.6 is 0 Å². The van der Waals surface area contributed by atoms with E-state index in [9.17, 15) is 14.9 Å². The smallest absolute Gasteiger partial charge is 0.342 e. The minimum atomic E-state index is -1.32. The van der Waals surface area contributed by atoms with Crippen LogP contribution in [0.5, 0.6) is 0 Å². The van der Waals surface area contributed by atoms with E-state index >= 15 is 0 Å². The molecule has 0 aliphatic carbocycles. The number of nitro benzene ring substituents is 1. The van der Waals surface area contributed by atoms with Crippen LogP contribution in [0.25, 0.3) is 0 Å². The van der Waals surface area contributed by atoms with Crippen LogP contribution in [-0.2, 0) is 4.74 Å². The number of benzene rings is 1. The zero-order valence-electron chi connectivity index (χ0n) is 11.1. The molecule has 7 nitrogen and oxygen atoms in total. The predicted molar refractivity (Wildman–Crippen MR) is 72.1 cm³/mol. The zero-order chi connectivity index (χ0) is 14.8. The van der Waals surface area contributed by atoms with E-state index in [0.717, 1.165) is 19.4 Å². The first-order chi connectivity index (χ1) is 9.41. The lowest BCUT2D eigenvalue weighted by molar-refractivity contribution is -0.385. The van der Waals surface area contributed by atoms with Crippen molar-refractivity contribution in [3.63, 3.8) is 0 Å². The highest BCUT2D eigenvalue weighted by Gasteiger charge is 2.29. The summed E-state index contributed by atoms with van der Waals surface area (Å²) in [5.41, 5.74) is -0.473. The van der Waals surface area contributed by atoms with Gasteiger partial charge in [-0.1, -0.05) is 0 Å². The molecule has 1 aromatic carbocycles. The molecule has 1 fully saturated rings. The van der Waals surface area contributed by atoms with Crippen molar-refractivity contribution in [1.82, 2.24) is 0 Å². The number of ether oxygens (including phenoxy) is 1. The molecule has 0 bridgehead atoms. The Bertz CT molecular complexity index is 538.